The van der Waals surface area contributed by atoms with Gasteiger partial charge in [0.05, 0.1) is 5.52 Å². The third-order valence-corrected chi connectivity index (χ3v) is 2.34. The van der Waals surface area contributed by atoms with Crippen molar-refractivity contribution in [2.75, 3.05) is 0 Å². The lowest BCUT2D eigenvalue weighted by atomic mass is 10.2. The number of pyridine rings is 1. The van der Waals surface area contributed by atoms with E-state index in [0.717, 1.165) is 15.4 Å². The van der Waals surface area contributed by atoms with Crippen LogP contribution in [0.15, 0.2) is 34.9 Å². The maximum Gasteiger partial charge on any atom is 0.126 e. The molecule has 1 heterocycles. The lowest BCUT2D eigenvalue weighted by molar-refractivity contribution is 0.481. The average Bonchev–Trinajstić information content (AvgIpc) is 2.07. The molecule has 3 heteroatoms. The number of fused-ring (bicyclic) bond motifs is 1. The highest BCUT2D eigenvalue weighted by molar-refractivity contribution is 9.10. The van der Waals surface area contributed by atoms with Gasteiger partial charge in [-0.05, 0) is 34.1 Å². The van der Waals surface area contributed by atoms with Gasteiger partial charge in [0, 0.05) is 16.1 Å². The monoisotopic (exact) mass is 223 g/mol. The summed E-state index contributed by atoms with van der Waals surface area (Å²) in [6.45, 7) is 0. The maximum atomic E-state index is 9.43. The Balaban J connectivity index is 2.94. The number of halogens is 1. The summed E-state index contributed by atoms with van der Waals surface area (Å²) in [5.74, 6) is 0.265. The molecule has 12 heavy (non-hydrogen) atoms. The summed E-state index contributed by atoms with van der Waals surface area (Å²) < 4.78 is 0.899. The molecule has 2 aromatic rings. The van der Waals surface area contributed by atoms with E-state index in [4.69, 9.17) is 0 Å². The van der Waals surface area contributed by atoms with Gasteiger partial charge in [0.2, 0.25) is 0 Å². The molecule has 0 radical (unpaired) electrons. The van der Waals surface area contributed by atoms with Crippen LogP contribution in [-0.2, 0) is 0 Å². The van der Waals surface area contributed by atoms with E-state index >= 15 is 0 Å². The highest BCUT2D eigenvalue weighted by Crippen LogP contribution is 2.27. The molecule has 1 aromatic heterocycles. The van der Waals surface area contributed by atoms with Crippen LogP contribution in [-0.4, -0.2) is 10.1 Å². The summed E-state index contributed by atoms with van der Waals surface area (Å²) in [5, 5.41) is 10.2. The summed E-state index contributed by atoms with van der Waals surface area (Å²) in [7, 11) is 0. The van der Waals surface area contributed by atoms with Gasteiger partial charge < -0.3 is 5.11 Å². The van der Waals surface area contributed by atoms with Crippen LogP contribution in [0.25, 0.3) is 10.9 Å². The van der Waals surface area contributed by atoms with Crippen molar-refractivity contribution in [3.05, 3.63) is 34.9 Å². The third kappa shape index (κ3) is 1.06. The van der Waals surface area contributed by atoms with Crippen LogP contribution >= 0.6 is 15.9 Å². The number of rotatable bonds is 0. The van der Waals surface area contributed by atoms with Crippen LogP contribution in [0.1, 0.15) is 0 Å². The zero-order valence-electron chi connectivity index (χ0n) is 6.16. The predicted molar refractivity (Wildman–Crippen MR) is 51.1 cm³/mol. The van der Waals surface area contributed by atoms with Crippen molar-refractivity contribution in [2.24, 2.45) is 0 Å². The minimum Gasteiger partial charge on any atom is -0.507 e. The van der Waals surface area contributed by atoms with E-state index in [1.807, 2.05) is 18.2 Å². The number of hydrogen-bond acceptors (Lipinski definition) is 2. The Morgan fingerprint density at radius 1 is 1.25 bits per heavy atom. The minimum absolute atomic E-state index is 0.265. The number of para-hydroxylation sites is 1. The fourth-order valence-electron chi connectivity index (χ4n) is 1.13. The van der Waals surface area contributed by atoms with Crippen molar-refractivity contribution in [2.45, 2.75) is 0 Å². The molecule has 0 aliphatic carbocycles. The van der Waals surface area contributed by atoms with E-state index in [9.17, 15) is 5.11 Å². The molecule has 1 aromatic carbocycles. The average molecular weight is 224 g/mol. The molecule has 0 atom stereocenters. The van der Waals surface area contributed by atoms with Crippen LogP contribution in [0.5, 0.6) is 5.75 Å². The Morgan fingerprint density at radius 3 is 2.83 bits per heavy atom. The molecule has 0 unspecified atom stereocenters. The van der Waals surface area contributed by atoms with Gasteiger partial charge in [-0.1, -0.05) is 6.07 Å². The second kappa shape index (κ2) is 2.75. The molecular weight excluding hydrogens is 218 g/mol. The van der Waals surface area contributed by atoms with Crippen molar-refractivity contribution in [1.82, 2.24) is 4.98 Å². The summed E-state index contributed by atoms with van der Waals surface area (Å²) in [4.78, 5) is 4.13. The van der Waals surface area contributed by atoms with Gasteiger partial charge >= 0.3 is 0 Å². The highest BCUT2D eigenvalue weighted by atomic mass is 79.9. The first-order chi connectivity index (χ1) is 5.79. The maximum absolute atomic E-state index is 9.43. The second-order valence-corrected chi connectivity index (χ2v) is 3.32. The van der Waals surface area contributed by atoms with E-state index in [-0.39, 0.29) is 5.75 Å². The number of hydrogen-bond donors (Lipinski definition) is 1. The number of aromatic hydroxyl groups is 1. The Labute approximate surface area is 78.0 Å². The van der Waals surface area contributed by atoms with Crippen LogP contribution in [0.4, 0.5) is 0 Å². The summed E-state index contributed by atoms with van der Waals surface area (Å²) in [5.41, 5.74) is 0.789. The van der Waals surface area contributed by atoms with E-state index in [1.54, 1.807) is 12.3 Å². The molecule has 2 rings (SSSR count). The molecule has 0 aliphatic rings. The molecule has 0 saturated carbocycles. The minimum atomic E-state index is 0.265. The normalized spacial score (nSPS) is 10.4. The second-order valence-electron chi connectivity index (χ2n) is 2.47. The van der Waals surface area contributed by atoms with Crippen LogP contribution < -0.4 is 0 Å². The molecule has 1 N–H and O–H groups in total. The van der Waals surface area contributed by atoms with Crippen LogP contribution in [0.3, 0.4) is 0 Å². The SMILES string of the molecule is Oc1ccnc2c(Br)cccc12. The summed E-state index contributed by atoms with van der Waals surface area (Å²) >= 11 is 3.36. The van der Waals surface area contributed by atoms with Crippen molar-refractivity contribution in [1.29, 1.82) is 0 Å². The van der Waals surface area contributed by atoms with Gasteiger partial charge in [0.25, 0.3) is 0 Å². The highest BCUT2D eigenvalue weighted by Gasteiger charge is 2.01. The van der Waals surface area contributed by atoms with Crippen LogP contribution in [0.2, 0.25) is 0 Å². The lowest BCUT2D eigenvalue weighted by Gasteiger charge is -2.00. The van der Waals surface area contributed by atoms with Gasteiger partial charge in [-0.25, -0.2) is 0 Å². The molecule has 0 fully saturated rings. The summed E-state index contributed by atoms with van der Waals surface area (Å²) in [6.07, 6.45) is 1.59. The van der Waals surface area contributed by atoms with E-state index in [2.05, 4.69) is 20.9 Å². The van der Waals surface area contributed by atoms with Gasteiger partial charge in [-0.3, -0.25) is 4.98 Å². The van der Waals surface area contributed by atoms with Gasteiger partial charge in [0.15, 0.2) is 0 Å². The third-order valence-electron chi connectivity index (χ3n) is 1.70. The Hall–Kier alpha value is -1.09. The molecule has 0 amide bonds. The molecule has 0 bridgehead atoms. The van der Waals surface area contributed by atoms with Crippen molar-refractivity contribution >= 4 is 26.8 Å². The largest absolute Gasteiger partial charge is 0.507 e. The molecule has 0 spiro atoms. The molecule has 2 nitrogen and oxygen atoms in total. The Morgan fingerprint density at radius 2 is 2.08 bits per heavy atom. The van der Waals surface area contributed by atoms with Crippen molar-refractivity contribution < 1.29 is 5.11 Å². The van der Waals surface area contributed by atoms with E-state index in [0.29, 0.717) is 0 Å². The topological polar surface area (TPSA) is 33.1 Å². The Kier molecular flexibility index (Phi) is 1.73. The Bertz CT molecular complexity index is 387. The lowest BCUT2D eigenvalue weighted by Crippen LogP contribution is -1.79. The van der Waals surface area contributed by atoms with Crippen molar-refractivity contribution in [3.8, 4) is 5.75 Å². The molecule has 60 valence electrons. The predicted octanol–water partition coefficient (Wildman–Crippen LogP) is 2.70. The molecular formula is C9H6BrNO. The first-order valence-electron chi connectivity index (χ1n) is 3.51. The zero-order valence-corrected chi connectivity index (χ0v) is 7.75. The smallest absolute Gasteiger partial charge is 0.126 e. The standard InChI is InChI=1S/C9H6BrNO/c10-7-3-1-2-6-8(12)4-5-11-9(6)7/h1-5H,(H,11,12). The number of benzene rings is 1. The number of aromatic nitrogens is 1. The first kappa shape index (κ1) is 7.55. The van der Waals surface area contributed by atoms with E-state index < -0.39 is 0 Å². The quantitative estimate of drug-likeness (QED) is 0.746. The van der Waals surface area contributed by atoms with Gasteiger partial charge in [-0.15, -0.1) is 0 Å². The van der Waals surface area contributed by atoms with E-state index in [1.165, 1.54) is 0 Å². The van der Waals surface area contributed by atoms with Crippen molar-refractivity contribution in [3.63, 3.8) is 0 Å². The zero-order chi connectivity index (χ0) is 8.55. The van der Waals surface area contributed by atoms with Gasteiger partial charge in [-0.2, -0.15) is 0 Å². The fourth-order valence-corrected chi connectivity index (χ4v) is 1.59. The molecule has 0 aliphatic heterocycles. The first-order valence-corrected chi connectivity index (χ1v) is 4.30. The summed E-state index contributed by atoms with van der Waals surface area (Å²) in [6, 6.07) is 7.18. The van der Waals surface area contributed by atoms with Crippen LogP contribution in [0, 0.1) is 0 Å². The van der Waals surface area contributed by atoms with Gasteiger partial charge in [0.1, 0.15) is 5.75 Å². The fraction of sp³-hybridized carbons (Fsp3) is 0. The molecule has 0 saturated heterocycles. The number of nitrogens with zero attached hydrogens (tertiary/aromatic N) is 1.